The molecule has 1 heterocycles. The molecule has 0 aromatic heterocycles. The summed E-state index contributed by atoms with van der Waals surface area (Å²) in [6.45, 7) is 4.41. The predicted molar refractivity (Wildman–Crippen MR) is 71.3 cm³/mol. The van der Waals surface area contributed by atoms with E-state index >= 15 is 0 Å². The minimum absolute atomic E-state index is 0.0817. The number of aliphatic hydroxyl groups excluding tert-OH is 1. The molecular formula is C14H17N2O3+. The number of rotatable bonds is 4. The zero-order valence-electron chi connectivity index (χ0n) is 11.0. The topological polar surface area (TPSA) is 52.8 Å². The van der Waals surface area contributed by atoms with Crippen molar-refractivity contribution in [3.05, 3.63) is 41.8 Å². The summed E-state index contributed by atoms with van der Waals surface area (Å²) in [5.41, 5.74) is 0.940. The van der Waals surface area contributed by atoms with Crippen LogP contribution >= 0.6 is 0 Å². The Balaban J connectivity index is 2.20. The number of ether oxygens (including phenoxy) is 1. The van der Waals surface area contributed by atoms with E-state index < -0.39 is 6.10 Å². The number of hydrogen-bond acceptors (Lipinski definition) is 3. The lowest BCUT2D eigenvalue weighted by Crippen LogP contribution is -2.31. The maximum absolute atomic E-state index is 11.8. The van der Waals surface area contributed by atoms with Crippen LogP contribution in [0.1, 0.15) is 5.56 Å². The number of aliphatic hydroxyl groups is 1. The van der Waals surface area contributed by atoms with Gasteiger partial charge in [0.25, 0.3) is 5.91 Å². The summed E-state index contributed by atoms with van der Waals surface area (Å²) in [4.78, 5) is 13.0. The first kappa shape index (κ1) is 13.1. The average Bonchev–Trinajstić information content (AvgIpc) is 2.59. The number of nitrogens with zero attached hydrogens (tertiary/aromatic N) is 2. The molecule has 2 rings (SSSR count). The van der Waals surface area contributed by atoms with E-state index in [0.717, 1.165) is 5.56 Å². The molecule has 0 bridgehead atoms. The van der Waals surface area contributed by atoms with Gasteiger partial charge in [0.1, 0.15) is 19.5 Å². The molecule has 1 aliphatic heterocycles. The second-order valence-electron chi connectivity index (χ2n) is 4.58. The smallest absolute Gasteiger partial charge is 0.274 e. The highest BCUT2D eigenvalue weighted by Gasteiger charge is 2.32. The molecule has 1 aromatic rings. The number of benzene rings is 1. The van der Waals surface area contributed by atoms with Crippen LogP contribution in [0.25, 0.3) is 0 Å². The van der Waals surface area contributed by atoms with Crippen LogP contribution in [0.5, 0.6) is 5.75 Å². The number of carbonyl (C=O) groups excluding carboxylic acids is 1. The minimum Gasteiger partial charge on any atom is -0.494 e. The van der Waals surface area contributed by atoms with Gasteiger partial charge in [0.2, 0.25) is 6.10 Å². The van der Waals surface area contributed by atoms with Crippen molar-refractivity contribution in [3.63, 3.8) is 0 Å². The fraction of sp³-hybridized carbons (Fsp3) is 0.286. The van der Waals surface area contributed by atoms with Crippen LogP contribution in [0, 0.1) is 0 Å². The number of para-hydroxylation sites is 1. The van der Waals surface area contributed by atoms with E-state index in [0.29, 0.717) is 12.3 Å². The summed E-state index contributed by atoms with van der Waals surface area (Å²) in [7, 11) is 3.37. The molecule has 1 atom stereocenters. The summed E-state index contributed by atoms with van der Waals surface area (Å²) in [5, 5.41) is 9.50. The van der Waals surface area contributed by atoms with Crippen molar-refractivity contribution >= 4 is 12.6 Å². The molecule has 100 valence electrons. The molecule has 0 saturated heterocycles. The zero-order valence-corrected chi connectivity index (χ0v) is 11.0. The van der Waals surface area contributed by atoms with E-state index in [1.807, 2.05) is 25.2 Å². The van der Waals surface area contributed by atoms with E-state index in [9.17, 15) is 9.90 Å². The Labute approximate surface area is 112 Å². The van der Waals surface area contributed by atoms with Gasteiger partial charge in [-0.05, 0) is 12.1 Å². The van der Waals surface area contributed by atoms with Gasteiger partial charge in [-0.25, -0.2) is 4.58 Å². The molecule has 1 aromatic carbocycles. The monoisotopic (exact) mass is 261 g/mol. The maximum Gasteiger partial charge on any atom is 0.274 e. The van der Waals surface area contributed by atoms with Crippen LogP contribution in [0.15, 0.2) is 36.2 Å². The molecule has 0 aliphatic carbocycles. The lowest BCUT2D eigenvalue weighted by Gasteiger charge is -2.15. The highest BCUT2D eigenvalue weighted by Crippen LogP contribution is 2.23. The van der Waals surface area contributed by atoms with Gasteiger partial charge < -0.3 is 9.84 Å². The molecule has 0 radical (unpaired) electrons. The van der Waals surface area contributed by atoms with Crippen LogP contribution in [0.4, 0.5) is 0 Å². The SMILES string of the molecule is C=[N+](C)Cc1ccccc1OC1C=C(O)N(C)C1=O. The normalized spacial score (nSPS) is 18.4. The Morgan fingerprint density at radius 2 is 2.16 bits per heavy atom. The molecular weight excluding hydrogens is 244 g/mol. The highest BCUT2D eigenvalue weighted by atomic mass is 16.5. The Kier molecular flexibility index (Phi) is 3.55. The quantitative estimate of drug-likeness (QED) is 0.653. The molecule has 1 amide bonds. The number of hydrogen-bond donors (Lipinski definition) is 1. The first-order valence-electron chi connectivity index (χ1n) is 5.93. The first-order valence-corrected chi connectivity index (χ1v) is 5.93. The minimum atomic E-state index is -0.777. The highest BCUT2D eigenvalue weighted by molar-refractivity contribution is 5.87. The average molecular weight is 261 g/mol. The van der Waals surface area contributed by atoms with Crippen molar-refractivity contribution in [3.8, 4) is 5.75 Å². The summed E-state index contributed by atoms with van der Waals surface area (Å²) >= 11 is 0. The molecule has 1 aliphatic rings. The van der Waals surface area contributed by atoms with E-state index in [2.05, 4.69) is 6.72 Å². The molecule has 1 N–H and O–H groups in total. The molecule has 5 heteroatoms. The Morgan fingerprint density at radius 3 is 2.74 bits per heavy atom. The summed E-state index contributed by atoms with van der Waals surface area (Å²) < 4.78 is 7.45. The Hall–Kier alpha value is -2.30. The van der Waals surface area contributed by atoms with Crippen molar-refractivity contribution < 1.29 is 19.2 Å². The standard InChI is InChI=1S/C14H16N2O3/c1-15(2)9-10-6-4-5-7-11(10)19-12-8-13(17)16(3)14(12)18/h4-8,12H,1,9H2,2-3H3/p+1. The summed E-state index contributed by atoms with van der Waals surface area (Å²) in [5.74, 6) is 0.257. The molecule has 0 spiro atoms. The second kappa shape index (κ2) is 5.14. The Morgan fingerprint density at radius 1 is 1.47 bits per heavy atom. The number of carbonyl (C=O) groups is 1. The van der Waals surface area contributed by atoms with Gasteiger partial charge >= 0.3 is 0 Å². The predicted octanol–water partition coefficient (Wildman–Crippen LogP) is 1.15. The largest absolute Gasteiger partial charge is 0.494 e. The van der Waals surface area contributed by atoms with E-state index in [4.69, 9.17) is 4.74 Å². The molecule has 19 heavy (non-hydrogen) atoms. The number of amides is 1. The van der Waals surface area contributed by atoms with E-state index in [1.165, 1.54) is 18.0 Å². The van der Waals surface area contributed by atoms with Crippen LogP contribution in [0.2, 0.25) is 0 Å². The molecule has 0 fully saturated rings. The van der Waals surface area contributed by atoms with Crippen LogP contribution in [-0.2, 0) is 11.3 Å². The van der Waals surface area contributed by atoms with Crippen LogP contribution < -0.4 is 4.74 Å². The third kappa shape index (κ3) is 2.76. The first-order chi connectivity index (χ1) is 8.99. The van der Waals surface area contributed by atoms with Gasteiger partial charge in [0, 0.05) is 13.1 Å². The fourth-order valence-corrected chi connectivity index (χ4v) is 1.88. The van der Waals surface area contributed by atoms with Crippen LogP contribution in [0.3, 0.4) is 0 Å². The van der Waals surface area contributed by atoms with Gasteiger partial charge in [0.05, 0.1) is 5.56 Å². The number of likely N-dealkylation sites (N-methyl/N-ethyl adjacent to an activating group) is 1. The van der Waals surface area contributed by atoms with Crippen molar-refractivity contribution in [2.24, 2.45) is 0 Å². The lowest BCUT2D eigenvalue weighted by molar-refractivity contribution is -0.505. The summed E-state index contributed by atoms with van der Waals surface area (Å²) in [6, 6.07) is 7.47. The van der Waals surface area contributed by atoms with Crippen molar-refractivity contribution in [1.82, 2.24) is 4.90 Å². The van der Waals surface area contributed by atoms with Gasteiger partial charge in [-0.1, -0.05) is 12.1 Å². The van der Waals surface area contributed by atoms with Crippen molar-refractivity contribution in [2.45, 2.75) is 12.6 Å². The van der Waals surface area contributed by atoms with Gasteiger partial charge in [-0.2, -0.15) is 0 Å². The lowest BCUT2D eigenvalue weighted by atomic mass is 10.2. The molecule has 5 nitrogen and oxygen atoms in total. The third-order valence-electron chi connectivity index (χ3n) is 2.88. The fourth-order valence-electron chi connectivity index (χ4n) is 1.88. The van der Waals surface area contributed by atoms with Crippen LogP contribution in [-0.4, -0.2) is 47.4 Å². The zero-order chi connectivity index (χ0) is 14.0. The van der Waals surface area contributed by atoms with E-state index in [1.54, 1.807) is 10.6 Å². The summed E-state index contributed by atoms with van der Waals surface area (Å²) in [6.07, 6.45) is 0.619. The third-order valence-corrected chi connectivity index (χ3v) is 2.88. The van der Waals surface area contributed by atoms with Crippen molar-refractivity contribution in [2.75, 3.05) is 14.1 Å². The van der Waals surface area contributed by atoms with Crippen molar-refractivity contribution in [1.29, 1.82) is 0 Å². The molecule has 0 saturated carbocycles. The second-order valence-corrected chi connectivity index (χ2v) is 4.58. The molecule has 1 unspecified atom stereocenters. The van der Waals surface area contributed by atoms with Gasteiger partial charge in [-0.15, -0.1) is 0 Å². The maximum atomic E-state index is 11.8. The van der Waals surface area contributed by atoms with E-state index in [-0.39, 0.29) is 11.8 Å². The Bertz CT molecular complexity index is 551. The van der Waals surface area contributed by atoms with Gasteiger partial charge in [-0.3, -0.25) is 9.69 Å². The van der Waals surface area contributed by atoms with Gasteiger partial charge in [0.15, 0.2) is 12.4 Å².